The van der Waals surface area contributed by atoms with Gasteiger partial charge in [-0.2, -0.15) is 5.26 Å². The van der Waals surface area contributed by atoms with E-state index in [0.29, 0.717) is 18.8 Å². The quantitative estimate of drug-likeness (QED) is 0.560. The minimum Gasteiger partial charge on any atom is -0.358 e. The number of aromatic nitrogens is 2. The largest absolute Gasteiger partial charge is 0.358 e. The molecule has 6 nitrogen and oxygen atoms in total. The maximum Gasteiger partial charge on any atom is 0.148 e. The van der Waals surface area contributed by atoms with Crippen LogP contribution in [0.25, 0.3) is 0 Å². The third kappa shape index (κ3) is 2.58. The zero-order valence-corrected chi connectivity index (χ0v) is 9.56. The number of hydrogen-bond donors (Lipinski definition) is 2. The molecule has 0 aromatic carbocycles. The molecule has 86 valence electrons. The Kier molecular flexibility index (Phi) is 4.48. The molecule has 0 fully saturated rings. The highest BCUT2D eigenvalue weighted by Gasteiger charge is 2.12. The molecule has 0 bridgehead atoms. The minimum absolute atomic E-state index is 0.467. The van der Waals surface area contributed by atoms with E-state index in [2.05, 4.69) is 21.5 Å². The summed E-state index contributed by atoms with van der Waals surface area (Å²) in [7, 11) is 1.90. The van der Waals surface area contributed by atoms with Crippen LogP contribution in [0.2, 0.25) is 0 Å². The first kappa shape index (κ1) is 12.2. The number of nitrogens with two attached hydrogens (primary N) is 1. The summed E-state index contributed by atoms with van der Waals surface area (Å²) in [4.78, 5) is 10.2. The van der Waals surface area contributed by atoms with Crippen molar-refractivity contribution in [2.75, 3.05) is 23.9 Å². The maximum atomic E-state index is 8.55. The monoisotopic (exact) mass is 220 g/mol. The summed E-state index contributed by atoms with van der Waals surface area (Å²) in [5.41, 5.74) is 3.52. The normalized spacial score (nSPS) is 9.62. The molecule has 1 aromatic heterocycles. The standard InChI is InChI=1S/C10H16N6/c1-3-8-9(15-12)13-7-14-10(8)16(2)6-4-5-11/h7H,3-4,6,12H2,1-2H3,(H,13,14,15). The van der Waals surface area contributed by atoms with E-state index in [-0.39, 0.29) is 0 Å². The van der Waals surface area contributed by atoms with E-state index in [1.807, 2.05) is 18.9 Å². The van der Waals surface area contributed by atoms with E-state index < -0.39 is 0 Å². The van der Waals surface area contributed by atoms with Crippen LogP contribution in [-0.4, -0.2) is 23.6 Å². The van der Waals surface area contributed by atoms with Crippen molar-refractivity contribution in [2.24, 2.45) is 5.84 Å². The number of nitrogens with zero attached hydrogens (tertiary/aromatic N) is 4. The number of hydrogen-bond acceptors (Lipinski definition) is 6. The Morgan fingerprint density at radius 1 is 1.56 bits per heavy atom. The summed E-state index contributed by atoms with van der Waals surface area (Å²) in [6, 6.07) is 2.11. The van der Waals surface area contributed by atoms with Crippen LogP contribution in [0.15, 0.2) is 6.33 Å². The fourth-order valence-electron chi connectivity index (χ4n) is 1.51. The zero-order valence-electron chi connectivity index (χ0n) is 9.56. The van der Waals surface area contributed by atoms with Gasteiger partial charge in [0.05, 0.1) is 12.5 Å². The number of rotatable bonds is 5. The first-order valence-electron chi connectivity index (χ1n) is 5.13. The van der Waals surface area contributed by atoms with Crippen LogP contribution in [0, 0.1) is 11.3 Å². The Morgan fingerprint density at radius 3 is 2.88 bits per heavy atom. The van der Waals surface area contributed by atoms with E-state index >= 15 is 0 Å². The maximum absolute atomic E-state index is 8.55. The van der Waals surface area contributed by atoms with E-state index in [9.17, 15) is 0 Å². The van der Waals surface area contributed by atoms with Gasteiger partial charge in [-0.15, -0.1) is 0 Å². The lowest BCUT2D eigenvalue weighted by atomic mass is 10.2. The smallest absolute Gasteiger partial charge is 0.148 e. The lowest BCUT2D eigenvalue weighted by Gasteiger charge is -2.20. The number of nitrogens with one attached hydrogen (secondary N) is 1. The van der Waals surface area contributed by atoms with Gasteiger partial charge in [0.2, 0.25) is 0 Å². The summed E-state index contributed by atoms with van der Waals surface area (Å²) >= 11 is 0. The third-order valence-corrected chi connectivity index (χ3v) is 2.33. The molecule has 1 aromatic rings. The molecule has 0 amide bonds. The Balaban J connectivity index is 2.98. The number of nitriles is 1. The number of anilines is 2. The van der Waals surface area contributed by atoms with Crippen LogP contribution >= 0.6 is 0 Å². The van der Waals surface area contributed by atoms with Gasteiger partial charge in [-0.05, 0) is 6.42 Å². The van der Waals surface area contributed by atoms with E-state index in [1.165, 1.54) is 6.33 Å². The second-order valence-corrected chi connectivity index (χ2v) is 3.35. The van der Waals surface area contributed by atoms with Gasteiger partial charge in [0.25, 0.3) is 0 Å². The summed E-state index contributed by atoms with van der Waals surface area (Å²) in [6.45, 7) is 2.66. The van der Waals surface area contributed by atoms with Gasteiger partial charge in [-0.3, -0.25) is 0 Å². The van der Waals surface area contributed by atoms with Crippen LogP contribution in [-0.2, 0) is 6.42 Å². The molecule has 0 aliphatic heterocycles. The average molecular weight is 220 g/mol. The fourth-order valence-corrected chi connectivity index (χ4v) is 1.51. The molecule has 0 saturated carbocycles. The summed E-state index contributed by atoms with van der Waals surface area (Å²) in [5, 5.41) is 8.55. The number of nitrogen functional groups attached to an aromatic ring is 1. The molecular formula is C10H16N6. The molecule has 0 atom stereocenters. The number of hydrazine groups is 1. The lowest BCUT2D eigenvalue weighted by Crippen LogP contribution is -2.22. The molecule has 0 unspecified atom stereocenters. The van der Waals surface area contributed by atoms with Crippen molar-refractivity contribution >= 4 is 11.6 Å². The van der Waals surface area contributed by atoms with Gasteiger partial charge in [-0.25, -0.2) is 15.8 Å². The molecule has 1 rings (SSSR count). The van der Waals surface area contributed by atoms with Crippen LogP contribution < -0.4 is 16.2 Å². The molecule has 3 N–H and O–H groups in total. The molecule has 1 heterocycles. The summed E-state index contributed by atoms with van der Waals surface area (Å²) in [5.74, 6) is 6.84. The minimum atomic E-state index is 0.467. The molecule has 0 saturated heterocycles. The molecule has 0 aliphatic carbocycles. The van der Waals surface area contributed by atoms with Gasteiger partial charge in [0.1, 0.15) is 18.0 Å². The third-order valence-electron chi connectivity index (χ3n) is 2.33. The van der Waals surface area contributed by atoms with Crippen molar-refractivity contribution in [2.45, 2.75) is 19.8 Å². The lowest BCUT2D eigenvalue weighted by molar-refractivity contribution is 0.862. The topological polar surface area (TPSA) is 90.9 Å². The van der Waals surface area contributed by atoms with Gasteiger partial charge < -0.3 is 10.3 Å². The first-order valence-corrected chi connectivity index (χ1v) is 5.13. The Morgan fingerprint density at radius 2 is 2.31 bits per heavy atom. The molecule has 0 spiro atoms. The second kappa shape index (κ2) is 5.88. The zero-order chi connectivity index (χ0) is 12.0. The molecule has 16 heavy (non-hydrogen) atoms. The van der Waals surface area contributed by atoms with E-state index in [0.717, 1.165) is 17.8 Å². The average Bonchev–Trinajstić information content (AvgIpc) is 2.34. The van der Waals surface area contributed by atoms with E-state index in [1.54, 1.807) is 0 Å². The summed E-state index contributed by atoms with van der Waals surface area (Å²) in [6.07, 6.45) is 2.72. The molecule has 0 radical (unpaired) electrons. The summed E-state index contributed by atoms with van der Waals surface area (Å²) < 4.78 is 0. The van der Waals surface area contributed by atoms with Gasteiger partial charge in [0.15, 0.2) is 0 Å². The second-order valence-electron chi connectivity index (χ2n) is 3.35. The Bertz CT molecular complexity index is 383. The van der Waals surface area contributed by atoms with Crippen molar-refractivity contribution < 1.29 is 0 Å². The van der Waals surface area contributed by atoms with Gasteiger partial charge in [0, 0.05) is 19.2 Å². The predicted molar refractivity (Wildman–Crippen MR) is 62.7 cm³/mol. The van der Waals surface area contributed by atoms with Crippen LogP contribution in [0.5, 0.6) is 0 Å². The SMILES string of the molecule is CCc1c(NN)ncnc1N(C)CCC#N. The van der Waals surface area contributed by atoms with Gasteiger partial charge in [-0.1, -0.05) is 6.92 Å². The Hall–Kier alpha value is -1.87. The van der Waals surface area contributed by atoms with Crippen LogP contribution in [0.3, 0.4) is 0 Å². The van der Waals surface area contributed by atoms with Crippen LogP contribution in [0.4, 0.5) is 11.6 Å². The molecular weight excluding hydrogens is 204 g/mol. The fraction of sp³-hybridized carbons (Fsp3) is 0.500. The van der Waals surface area contributed by atoms with Crippen molar-refractivity contribution in [3.63, 3.8) is 0 Å². The molecule has 6 heteroatoms. The first-order chi connectivity index (χ1) is 7.74. The van der Waals surface area contributed by atoms with Gasteiger partial charge >= 0.3 is 0 Å². The predicted octanol–water partition coefficient (Wildman–Crippen LogP) is 0.674. The van der Waals surface area contributed by atoms with Crippen molar-refractivity contribution in [3.05, 3.63) is 11.9 Å². The molecule has 0 aliphatic rings. The van der Waals surface area contributed by atoms with Crippen molar-refractivity contribution in [1.29, 1.82) is 5.26 Å². The highest BCUT2D eigenvalue weighted by atomic mass is 15.3. The van der Waals surface area contributed by atoms with E-state index in [4.69, 9.17) is 11.1 Å². The van der Waals surface area contributed by atoms with Crippen molar-refractivity contribution in [1.82, 2.24) is 9.97 Å². The van der Waals surface area contributed by atoms with Crippen molar-refractivity contribution in [3.8, 4) is 6.07 Å². The highest BCUT2D eigenvalue weighted by Crippen LogP contribution is 2.22. The van der Waals surface area contributed by atoms with Crippen LogP contribution in [0.1, 0.15) is 18.9 Å². The Labute approximate surface area is 95.1 Å². The highest BCUT2D eigenvalue weighted by molar-refractivity contribution is 5.57.